The number of sulfonamides is 1. The van der Waals surface area contributed by atoms with Gasteiger partial charge in [0, 0.05) is 43.2 Å². The first kappa shape index (κ1) is 24.3. The molecule has 2 saturated heterocycles. The van der Waals surface area contributed by atoms with Crippen LogP contribution in [0.15, 0.2) is 46.7 Å². The van der Waals surface area contributed by atoms with Crippen LogP contribution in [0.5, 0.6) is 0 Å². The molecule has 2 aliphatic rings. The second kappa shape index (κ2) is 11.6. The van der Waals surface area contributed by atoms with E-state index in [2.05, 4.69) is 9.62 Å². The molecule has 180 valence electrons. The number of ether oxygens (including phenoxy) is 1. The minimum absolute atomic E-state index is 0.0174. The lowest BCUT2D eigenvalue weighted by Crippen LogP contribution is -2.40. The van der Waals surface area contributed by atoms with Crippen LogP contribution in [0.4, 0.5) is 0 Å². The second-order valence-electron chi connectivity index (χ2n) is 8.73. The van der Waals surface area contributed by atoms with Crippen LogP contribution in [0.2, 0.25) is 0 Å². The summed E-state index contributed by atoms with van der Waals surface area (Å²) in [5.74, 6) is 0.640. The van der Waals surface area contributed by atoms with Crippen LogP contribution in [0.1, 0.15) is 34.5 Å². The molecule has 4 rings (SSSR count). The molecule has 9 heteroatoms. The molecule has 1 aromatic carbocycles. The van der Waals surface area contributed by atoms with Gasteiger partial charge < -0.3 is 9.64 Å². The van der Waals surface area contributed by atoms with E-state index in [0.29, 0.717) is 24.4 Å². The van der Waals surface area contributed by atoms with Gasteiger partial charge in [-0.05, 0) is 73.9 Å². The summed E-state index contributed by atoms with van der Waals surface area (Å²) in [4.78, 5) is 18.6. The molecule has 1 amide bonds. The second-order valence-corrected chi connectivity index (χ2v) is 11.5. The smallest absolute Gasteiger partial charge is 0.253 e. The Hall–Kier alpha value is -1.78. The fraction of sp³-hybridized carbons (Fsp3) is 0.542. The molecule has 0 bridgehead atoms. The van der Waals surface area contributed by atoms with Gasteiger partial charge in [-0.3, -0.25) is 9.69 Å². The first-order chi connectivity index (χ1) is 16.0. The van der Waals surface area contributed by atoms with Crippen molar-refractivity contribution in [3.63, 3.8) is 0 Å². The van der Waals surface area contributed by atoms with E-state index in [0.717, 1.165) is 63.7 Å². The highest BCUT2D eigenvalue weighted by molar-refractivity contribution is 7.89. The van der Waals surface area contributed by atoms with Crippen molar-refractivity contribution in [1.82, 2.24) is 14.5 Å². The van der Waals surface area contributed by atoms with Crippen LogP contribution >= 0.6 is 11.3 Å². The van der Waals surface area contributed by atoms with E-state index < -0.39 is 10.0 Å². The largest absolute Gasteiger partial charge is 0.379 e. The lowest BCUT2D eigenvalue weighted by atomic mass is 9.93. The third kappa shape index (κ3) is 6.86. The number of hydrogen-bond donors (Lipinski definition) is 1. The summed E-state index contributed by atoms with van der Waals surface area (Å²) in [7, 11) is -3.59. The van der Waals surface area contributed by atoms with Crippen molar-refractivity contribution in [3.8, 4) is 0 Å². The van der Waals surface area contributed by atoms with E-state index in [9.17, 15) is 13.2 Å². The van der Waals surface area contributed by atoms with Gasteiger partial charge in [0.15, 0.2) is 0 Å². The first-order valence-electron chi connectivity index (χ1n) is 11.7. The number of carbonyl (C=O) groups excluding carboxylic acids is 1. The number of rotatable bonds is 9. The van der Waals surface area contributed by atoms with Gasteiger partial charge in [-0.1, -0.05) is 6.07 Å². The standard InChI is InChI=1S/C24H33N3O4S2/c28-24(27-13-9-20(10-14-27)8-12-26-15-17-31-18-16-26)21-3-5-23(6-4-21)33(29,30)25-11-7-22-2-1-19-32-22/h1-6,19-20,25H,7-18H2. The number of amides is 1. The quantitative estimate of drug-likeness (QED) is 0.584. The van der Waals surface area contributed by atoms with Gasteiger partial charge in [0.2, 0.25) is 10.0 Å². The van der Waals surface area contributed by atoms with Crippen molar-refractivity contribution in [2.75, 3.05) is 52.5 Å². The highest BCUT2D eigenvalue weighted by Gasteiger charge is 2.25. The topological polar surface area (TPSA) is 79.0 Å². The third-order valence-corrected chi connectivity index (χ3v) is 8.93. The minimum atomic E-state index is -3.59. The average Bonchev–Trinajstić information content (AvgIpc) is 3.37. The summed E-state index contributed by atoms with van der Waals surface area (Å²) in [6.07, 6.45) is 3.89. The molecule has 2 aromatic rings. The van der Waals surface area contributed by atoms with E-state index in [1.165, 1.54) is 18.6 Å². The van der Waals surface area contributed by atoms with Crippen LogP contribution in [0, 0.1) is 5.92 Å². The van der Waals surface area contributed by atoms with Crippen molar-refractivity contribution in [2.45, 2.75) is 30.6 Å². The van der Waals surface area contributed by atoms with E-state index in [-0.39, 0.29) is 10.8 Å². The average molecular weight is 492 g/mol. The monoisotopic (exact) mass is 491 g/mol. The van der Waals surface area contributed by atoms with Crippen LogP contribution in [0.25, 0.3) is 0 Å². The maximum absolute atomic E-state index is 12.9. The molecule has 7 nitrogen and oxygen atoms in total. The fourth-order valence-corrected chi connectivity index (χ4v) is 6.16. The highest BCUT2D eigenvalue weighted by atomic mass is 32.2. The van der Waals surface area contributed by atoms with Gasteiger partial charge in [-0.2, -0.15) is 0 Å². The SMILES string of the molecule is O=C(c1ccc(S(=O)(=O)NCCc2cccs2)cc1)N1CCC(CCN2CCOCC2)CC1. The summed E-state index contributed by atoms with van der Waals surface area (Å²) in [6, 6.07) is 10.2. The van der Waals surface area contributed by atoms with Gasteiger partial charge in [-0.25, -0.2) is 13.1 Å². The number of morpholine rings is 1. The Labute approximate surface area is 200 Å². The molecule has 2 aliphatic heterocycles. The number of carbonyl (C=O) groups is 1. The number of likely N-dealkylation sites (tertiary alicyclic amines) is 1. The van der Waals surface area contributed by atoms with Crippen LogP contribution in [0.3, 0.4) is 0 Å². The predicted molar refractivity (Wildman–Crippen MR) is 130 cm³/mol. The molecule has 0 spiro atoms. The van der Waals surface area contributed by atoms with Gasteiger partial charge in [0.25, 0.3) is 5.91 Å². The van der Waals surface area contributed by atoms with Crippen LogP contribution in [-0.4, -0.2) is 76.6 Å². The molecule has 1 aromatic heterocycles. The Balaban J connectivity index is 1.23. The van der Waals surface area contributed by atoms with Crippen molar-refractivity contribution >= 4 is 27.3 Å². The van der Waals surface area contributed by atoms with Crippen LogP contribution < -0.4 is 4.72 Å². The highest BCUT2D eigenvalue weighted by Crippen LogP contribution is 2.23. The van der Waals surface area contributed by atoms with E-state index in [1.54, 1.807) is 23.5 Å². The fourth-order valence-electron chi connectivity index (χ4n) is 4.42. The Morgan fingerprint density at radius 3 is 2.45 bits per heavy atom. The Morgan fingerprint density at radius 2 is 1.79 bits per heavy atom. The van der Waals surface area contributed by atoms with E-state index in [1.807, 2.05) is 22.4 Å². The molecule has 2 fully saturated rings. The molecule has 1 N–H and O–H groups in total. The van der Waals surface area contributed by atoms with Crippen molar-refractivity contribution in [1.29, 1.82) is 0 Å². The van der Waals surface area contributed by atoms with E-state index in [4.69, 9.17) is 4.74 Å². The summed E-state index contributed by atoms with van der Waals surface area (Å²) in [5.41, 5.74) is 0.541. The molecule has 0 atom stereocenters. The molecule has 0 unspecified atom stereocenters. The number of piperidine rings is 1. The first-order valence-corrected chi connectivity index (χ1v) is 14.1. The van der Waals surface area contributed by atoms with E-state index >= 15 is 0 Å². The molecule has 0 aliphatic carbocycles. The number of benzene rings is 1. The van der Waals surface area contributed by atoms with Crippen molar-refractivity contribution in [3.05, 3.63) is 52.2 Å². The number of thiophene rings is 1. The van der Waals surface area contributed by atoms with Crippen LogP contribution in [-0.2, 0) is 21.2 Å². The summed E-state index contributed by atoms with van der Waals surface area (Å²) in [6.45, 7) is 6.69. The summed E-state index contributed by atoms with van der Waals surface area (Å²) >= 11 is 1.61. The van der Waals surface area contributed by atoms with Gasteiger partial charge in [0.05, 0.1) is 18.1 Å². The van der Waals surface area contributed by atoms with Gasteiger partial charge >= 0.3 is 0 Å². The number of nitrogens with zero attached hydrogens (tertiary/aromatic N) is 2. The minimum Gasteiger partial charge on any atom is -0.379 e. The third-order valence-electron chi connectivity index (χ3n) is 6.51. The lowest BCUT2D eigenvalue weighted by Gasteiger charge is -2.34. The molecule has 0 saturated carbocycles. The Kier molecular flexibility index (Phi) is 8.54. The molecular formula is C24H33N3O4S2. The molecular weight excluding hydrogens is 458 g/mol. The normalized spacial score (nSPS) is 18.5. The van der Waals surface area contributed by atoms with Crippen molar-refractivity contribution in [2.24, 2.45) is 5.92 Å². The number of nitrogens with one attached hydrogen (secondary N) is 1. The van der Waals surface area contributed by atoms with Crippen molar-refractivity contribution < 1.29 is 17.9 Å². The zero-order valence-electron chi connectivity index (χ0n) is 18.9. The maximum Gasteiger partial charge on any atom is 0.253 e. The van der Waals surface area contributed by atoms with Gasteiger partial charge in [0.1, 0.15) is 0 Å². The zero-order valence-corrected chi connectivity index (χ0v) is 20.6. The summed E-state index contributed by atoms with van der Waals surface area (Å²) < 4.78 is 33.1. The molecule has 33 heavy (non-hydrogen) atoms. The predicted octanol–water partition coefficient (Wildman–Crippen LogP) is 2.84. The summed E-state index contributed by atoms with van der Waals surface area (Å²) in [5, 5.41) is 1.98. The zero-order chi connectivity index (χ0) is 23.1. The Bertz CT molecular complexity index is 979. The number of hydrogen-bond acceptors (Lipinski definition) is 6. The Morgan fingerprint density at radius 1 is 1.06 bits per heavy atom. The van der Waals surface area contributed by atoms with Gasteiger partial charge in [-0.15, -0.1) is 11.3 Å². The maximum atomic E-state index is 12.9. The molecule has 3 heterocycles. The lowest BCUT2D eigenvalue weighted by molar-refractivity contribution is 0.0332. The molecule has 0 radical (unpaired) electrons.